The first-order valence-electron chi connectivity index (χ1n) is 11.7. The molecule has 8 nitrogen and oxygen atoms in total. The largest absolute Gasteiger partial charge is 0.489 e. The number of aliphatic hydroxyl groups excluding tert-OH is 1. The summed E-state index contributed by atoms with van der Waals surface area (Å²) in [5, 5.41) is 13.5. The van der Waals surface area contributed by atoms with E-state index in [1.54, 1.807) is 18.3 Å². The third kappa shape index (κ3) is 7.30. The van der Waals surface area contributed by atoms with Gasteiger partial charge < -0.3 is 24.9 Å². The highest BCUT2D eigenvalue weighted by atomic mass is 79.9. The fourth-order valence-corrected chi connectivity index (χ4v) is 4.45. The number of aromatic amines is 1. The number of aliphatic hydroxyl groups is 1. The highest BCUT2D eigenvalue weighted by Crippen LogP contribution is 2.25. The molecule has 9 heteroatoms. The summed E-state index contributed by atoms with van der Waals surface area (Å²) in [7, 11) is 0. The minimum Gasteiger partial charge on any atom is -0.489 e. The number of nitrogens with one attached hydrogen (secondary N) is 2. The van der Waals surface area contributed by atoms with Crippen molar-refractivity contribution in [1.29, 1.82) is 0 Å². The molecule has 0 saturated carbocycles. The van der Waals surface area contributed by atoms with Crippen molar-refractivity contribution >= 4 is 27.5 Å². The van der Waals surface area contributed by atoms with E-state index in [4.69, 9.17) is 9.47 Å². The lowest BCUT2D eigenvalue weighted by Crippen LogP contribution is -2.35. The standard InChI is InChI=1S/C26H31BrN4O4/c1-17-11-18(2)29-23(17)12-25(33)30-22-5-3-4-6-24(22)34-16-20(32)14-31-10-9-21(15-31)35-26-8-7-19(27)13-28-26/h3-8,11,13,20-21,29,32H,9-10,12,14-16H2,1-2H3,(H,30,33). The Hall–Kier alpha value is -2.88. The van der Waals surface area contributed by atoms with E-state index in [1.807, 2.05) is 44.2 Å². The zero-order chi connectivity index (χ0) is 24.8. The van der Waals surface area contributed by atoms with Crippen LogP contribution in [0.5, 0.6) is 11.6 Å². The number of pyridine rings is 1. The number of carbonyl (C=O) groups is 1. The van der Waals surface area contributed by atoms with Gasteiger partial charge in [-0.3, -0.25) is 9.69 Å². The number of aromatic nitrogens is 2. The van der Waals surface area contributed by atoms with Crippen molar-refractivity contribution in [3.63, 3.8) is 0 Å². The van der Waals surface area contributed by atoms with Crippen LogP contribution < -0.4 is 14.8 Å². The number of aryl methyl sites for hydroxylation is 2. The van der Waals surface area contributed by atoms with Crippen LogP contribution in [0.2, 0.25) is 0 Å². The van der Waals surface area contributed by atoms with Crippen LogP contribution in [0.25, 0.3) is 0 Å². The summed E-state index contributed by atoms with van der Waals surface area (Å²) in [4.78, 5) is 22.2. The molecule has 1 aromatic carbocycles. The van der Waals surface area contributed by atoms with Crippen LogP contribution in [0.3, 0.4) is 0 Å². The normalized spacial score (nSPS) is 16.7. The van der Waals surface area contributed by atoms with Crippen molar-refractivity contribution in [2.45, 2.75) is 38.9 Å². The van der Waals surface area contributed by atoms with Gasteiger partial charge in [0.2, 0.25) is 11.8 Å². The molecule has 3 heterocycles. The summed E-state index contributed by atoms with van der Waals surface area (Å²) in [6.07, 6.45) is 2.21. The van der Waals surface area contributed by atoms with E-state index in [1.165, 1.54) is 0 Å². The number of carbonyl (C=O) groups excluding carboxylic acids is 1. The zero-order valence-corrected chi connectivity index (χ0v) is 21.5. The van der Waals surface area contributed by atoms with Crippen molar-refractivity contribution in [2.75, 3.05) is 31.6 Å². The molecule has 0 aliphatic carbocycles. The molecule has 1 amide bonds. The number of para-hydroxylation sites is 2. The molecule has 1 saturated heterocycles. The molecule has 0 bridgehead atoms. The summed E-state index contributed by atoms with van der Waals surface area (Å²) in [6, 6.07) is 13.0. The molecule has 3 N–H and O–H groups in total. The highest BCUT2D eigenvalue weighted by Gasteiger charge is 2.26. The molecule has 2 aromatic heterocycles. The summed E-state index contributed by atoms with van der Waals surface area (Å²) < 4.78 is 12.7. The average molecular weight is 543 g/mol. The van der Waals surface area contributed by atoms with Crippen LogP contribution in [0.1, 0.15) is 23.4 Å². The number of hydrogen-bond donors (Lipinski definition) is 3. The number of nitrogens with zero attached hydrogens (tertiary/aromatic N) is 2. The molecule has 1 aliphatic rings. The maximum atomic E-state index is 12.6. The van der Waals surface area contributed by atoms with Gasteiger partial charge in [0.05, 0.1) is 12.1 Å². The van der Waals surface area contributed by atoms with Gasteiger partial charge in [-0.25, -0.2) is 4.98 Å². The molecule has 35 heavy (non-hydrogen) atoms. The monoisotopic (exact) mass is 542 g/mol. The van der Waals surface area contributed by atoms with Crippen LogP contribution in [-0.2, 0) is 11.2 Å². The van der Waals surface area contributed by atoms with Gasteiger partial charge in [-0.1, -0.05) is 12.1 Å². The quantitative estimate of drug-likeness (QED) is 0.359. The van der Waals surface area contributed by atoms with Crippen molar-refractivity contribution in [1.82, 2.24) is 14.9 Å². The second kappa shape index (κ2) is 11.7. The molecular weight excluding hydrogens is 512 g/mol. The number of hydrogen-bond acceptors (Lipinski definition) is 6. The van der Waals surface area contributed by atoms with Crippen molar-refractivity contribution < 1.29 is 19.4 Å². The van der Waals surface area contributed by atoms with Crippen LogP contribution >= 0.6 is 15.9 Å². The van der Waals surface area contributed by atoms with E-state index in [2.05, 4.69) is 36.1 Å². The van der Waals surface area contributed by atoms with E-state index in [0.29, 0.717) is 23.9 Å². The molecule has 2 unspecified atom stereocenters. The average Bonchev–Trinajstić information content (AvgIpc) is 3.39. The van der Waals surface area contributed by atoms with Gasteiger partial charge in [-0.2, -0.15) is 0 Å². The lowest BCUT2D eigenvalue weighted by atomic mass is 10.2. The lowest BCUT2D eigenvalue weighted by Gasteiger charge is -2.21. The number of rotatable bonds is 10. The maximum absolute atomic E-state index is 12.6. The van der Waals surface area contributed by atoms with E-state index < -0.39 is 6.10 Å². The predicted octanol–water partition coefficient (Wildman–Crippen LogP) is 3.86. The van der Waals surface area contributed by atoms with Crippen LogP contribution in [0, 0.1) is 13.8 Å². The third-order valence-electron chi connectivity index (χ3n) is 5.87. The topological polar surface area (TPSA) is 99.7 Å². The Balaban J connectivity index is 1.24. The minimum absolute atomic E-state index is 0.0415. The lowest BCUT2D eigenvalue weighted by molar-refractivity contribution is -0.115. The predicted molar refractivity (Wildman–Crippen MR) is 138 cm³/mol. The van der Waals surface area contributed by atoms with Crippen LogP contribution in [0.15, 0.2) is 53.1 Å². The Bertz CT molecular complexity index is 1130. The third-order valence-corrected chi connectivity index (χ3v) is 6.34. The van der Waals surface area contributed by atoms with Crippen molar-refractivity contribution in [2.24, 2.45) is 0 Å². The molecule has 0 radical (unpaired) electrons. The van der Waals surface area contributed by atoms with E-state index in [0.717, 1.165) is 40.9 Å². The molecule has 186 valence electrons. The van der Waals surface area contributed by atoms with Gasteiger partial charge in [0, 0.05) is 47.8 Å². The fourth-order valence-electron chi connectivity index (χ4n) is 4.22. The summed E-state index contributed by atoms with van der Waals surface area (Å²) >= 11 is 3.37. The zero-order valence-electron chi connectivity index (χ0n) is 20.0. The van der Waals surface area contributed by atoms with E-state index in [-0.39, 0.29) is 25.0 Å². The first-order valence-corrected chi connectivity index (χ1v) is 12.5. The first kappa shape index (κ1) is 25.2. The summed E-state index contributed by atoms with van der Waals surface area (Å²) in [5.74, 6) is 1.00. The Morgan fingerprint density at radius 1 is 1.31 bits per heavy atom. The molecule has 3 aromatic rings. The van der Waals surface area contributed by atoms with Gasteiger partial charge >= 0.3 is 0 Å². The van der Waals surface area contributed by atoms with Gasteiger partial charge in [-0.15, -0.1) is 0 Å². The number of H-pyrrole nitrogens is 1. The second-order valence-corrected chi connectivity index (χ2v) is 9.82. The first-order chi connectivity index (χ1) is 16.9. The Morgan fingerprint density at radius 3 is 2.89 bits per heavy atom. The van der Waals surface area contributed by atoms with Crippen molar-refractivity contribution in [3.8, 4) is 11.6 Å². The van der Waals surface area contributed by atoms with Crippen molar-refractivity contribution in [3.05, 3.63) is 70.1 Å². The van der Waals surface area contributed by atoms with Crippen LogP contribution in [-0.4, -0.2) is 64.3 Å². The molecule has 4 rings (SSSR count). The summed E-state index contributed by atoms with van der Waals surface area (Å²) in [6.45, 7) is 6.11. The number of anilines is 1. The van der Waals surface area contributed by atoms with Gasteiger partial charge in [0.1, 0.15) is 24.6 Å². The number of halogens is 1. The molecule has 0 spiro atoms. The molecular formula is C26H31BrN4O4. The van der Waals surface area contributed by atoms with Gasteiger partial charge in [0.15, 0.2) is 0 Å². The number of β-amino-alcohol motifs (C(OH)–C–C–N with tert-alkyl or cyclic N) is 1. The second-order valence-electron chi connectivity index (χ2n) is 8.90. The Kier molecular flexibility index (Phi) is 8.43. The van der Waals surface area contributed by atoms with Gasteiger partial charge in [0.25, 0.3) is 0 Å². The Morgan fingerprint density at radius 2 is 2.14 bits per heavy atom. The Labute approximate surface area is 213 Å². The molecule has 1 aliphatic heterocycles. The number of likely N-dealkylation sites (tertiary alicyclic amines) is 1. The van der Waals surface area contributed by atoms with E-state index in [9.17, 15) is 9.90 Å². The van der Waals surface area contributed by atoms with Crippen LogP contribution in [0.4, 0.5) is 5.69 Å². The minimum atomic E-state index is -0.673. The SMILES string of the molecule is Cc1cc(C)c(CC(=O)Nc2ccccc2OCC(O)CN2CCC(Oc3ccc(Br)cn3)C2)[nH]1. The summed E-state index contributed by atoms with van der Waals surface area (Å²) in [5.41, 5.74) is 3.58. The number of amides is 1. The maximum Gasteiger partial charge on any atom is 0.230 e. The highest BCUT2D eigenvalue weighted by molar-refractivity contribution is 9.10. The van der Waals surface area contributed by atoms with E-state index >= 15 is 0 Å². The fraction of sp³-hybridized carbons (Fsp3) is 0.385. The molecule has 1 fully saturated rings. The van der Waals surface area contributed by atoms with Gasteiger partial charge in [-0.05, 0) is 66.0 Å². The number of benzene rings is 1. The number of ether oxygens (including phenoxy) is 2. The smallest absolute Gasteiger partial charge is 0.230 e. The molecule has 2 atom stereocenters.